The molecule has 0 rings (SSSR count). The second-order valence-corrected chi connectivity index (χ2v) is 7.76. The van der Waals surface area contributed by atoms with Gasteiger partial charge in [0.1, 0.15) is 23.1 Å². The van der Waals surface area contributed by atoms with E-state index in [-0.39, 0.29) is 34.7 Å². The van der Waals surface area contributed by atoms with E-state index >= 15 is 0 Å². The number of hydrogen-bond acceptors (Lipinski definition) is 6. The molecule has 0 bridgehead atoms. The third-order valence-corrected chi connectivity index (χ3v) is 4.97. The van der Waals surface area contributed by atoms with Crippen molar-refractivity contribution in [2.45, 2.75) is 69.2 Å². The molecule has 0 saturated carbocycles. The largest absolute Gasteiger partial charge is 0.299 e. The third kappa shape index (κ3) is 6.73. The van der Waals surface area contributed by atoms with Crippen molar-refractivity contribution in [2.75, 3.05) is 0 Å². The highest BCUT2D eigenvalue weighted by atomic mass is 16.2. The summed E-state index contributed by atoms with van der Waals surface area (Å²) in [6, 6.07) is 0. The van der Waals surface area contributed by atoms with E-state index in [0.29, 0.717) is 0 Å². The van der Waals surface area contributed by atoms with Crippen LogP contribution in [-0.4, -0.2) is 34.7 Å². The van der Waals surface area contributed by atoms with Crippen molar-refractivity contribution >= 4 is 34.7 Å². The molecule has 2 atom stereocenters. The Morgan fingerprint density at radius 3 is 0.962 bits per heavy atom. The van der Waals surface area contributed by atoms with Gasteiger partial charge in [-0.25, -0.2) is 0 Å². The van der Waals surface area contributed by atoms with Crippen molar-refractivity contribution < 1.29 is 28.8 Å². The van der Waals surface area contributed by atoms with Crippen LogP contribution in [0.4, 0.5) is 0 Å². The molecular formula is C20H32O6. The molecule has 0 amide bonds. The van der Waals surface area contributed by atoms with Gasteiger partial charge in [0.2, 0.25) is 0 Å². The first-order valence-electron chi connectivity index (χ1n) is 8.53. The maximum atomic E-state index is 11.9. The highest BCUT2D eigenvalue weighted by Gasteiger charge is 2.44. The molecule has 0 aromatic carbocycles. The van der Waals surface area contributed by atoms with Crippen LogP contribution in [0.3, 0.4) is 0 Å². The summed E-state index contributed by atoms with van der Waals surface area (Å²) in [6.07, 6.45) is 0. The summed E-state index contributed by atoms with van der Waals surface area (Å²) in [6.45, 7) is 14.7. The predicted octanol–water partition coefficient (Wildman–Crippen LogP) is 2.79. The summed E-state index contributed by atoms with van der Waals surface area (Å²) < 4.78 is 0. The number of Topliss-reactive ketones (excluding diaryl/α,β-unsaturated/α-hetero) is 6. The number of carbonyl (C=O) groups excluding carboxylic acids is 6. The van der Waals surface area contributed by atoms with Gasteiger partial charge in [-0.05, 0) is 69.2 Å². The molecule has 0 spiro atoms. The van der Waals surface area contributed by atoms with Crippen LogP contribution in [0.2, 0.25) is 0 Å². The second kappa shape index (κ2) is 9.64. The number of hydrogen-bond donors (Lipinski definition) is 0. The molecule has 0 saturated heterocycles. The Morgan fingerprint density at radius 2 is 0.808 bits per heavy atom. The van der Waals surface area contributed by atoms with Gasteiger partial charge in [0.25, 0.3) is 0 Å². The van der Waals surface area contributed by atoms with Gasteiger partial charge >= 0.3 is 0 Å². The Hall–Kier alpha value is -1.98. The predicted molar refractivity (Wildman–Crippen MR) is 98.6 cm³/mol. The second-order valence-electron chi connectivity index (χ2n) is 7.76. The summed E-state index contributed by atoms with van der Waals surface area (Å²) in [4.78, 5) is 67.3. The smallest absolute Gasteiger partial charge is 0.158 e. The first kappa shape index (κ1) is 26.3. The summed E-state index contributed by atoms with van der Waals surface area (Å²) in [5, 5.41) is 0. The molecule has 148 valence electrons. The number of carbonyl (C=O) groups is 6. The van der Waals surface area contributed by atoms with Crippen LogP contribution < -0.4 is 0 Å². The molecule has 2 unspecified atom stereocenters. The molecule has 0 aromatic rings. The Kier molecular flexibility index (Phi) is 9.74. The van der Waals surface area contributed by atoms with E-state index < -0.39 is 22.7 Å². The van der Waals surface area contributed by atoms with Gasteiger partial charge in [-0.2, -0.15) is 0 Å². The molecule has 0 N–H and O–H groups in total. The molecule has 6 heteroatoms. The molecule has 0 fully saturated rings. The fourth-order valence-corrected chi connectivity index (χ4v) is 1.88. The molecule has 0 aliphatic heterocycles. The number of ketones is 6. The van der Waals surface area contributed by atoms with E-state index in [0.717, 1.165) is 0 Å². The van der Waals surface area contributed by atoms with Gasteiger partial charge in [-0.15, -0.1) is 0 Å². The molecular weight excluding hydrogens is 336 g/mol. The van der Waals surface area contributed by atoms with Crippen LogP contribution in [0.15, 0.2) is 0 Å². The zero-order valence-corrected chi connectivity index (χ0v) is 17.6. The minimum atomic E-state index is -1.07. The lowest BCUT2D eigenvalue weighted by atomic mass is 9.70. The van der Waals surface area contributed by atoms with Gasteiger partial charge < -0.3 is 0 Å². The van der Waals surface area contributed by atoms with Crippen LogP contribution in [0.5, 0.6) is 0 Å². The van der Waals surface area contributed by atoms with Crippen molar-refractivity contribution in [3.63, 3.8) is 0 Å². The van der Waals surface area contributed by atoms with E-state index in [2.05, 4.69) is 0 Å². The van der Waals surface area contributed by atoms with Crippen LogP contribution in [0.25, 0.3) is 0 Å². The van der Waals surface area contributed by atoms with E-state index in [4.69, 9.17) is 0 Å². The zero-order valence-electron chi connectivity index (χ0n) is 17.6. The lowest BCUT2D eigenvalue weighted by Gasteiger charge is -2.29. The highest BCUT2D eigenvalue weighted by molar-refractivity contribution is 6.15. The fraction of sp³-hybridized carbons (Fsp3) is 0.700. The summed E-state index contributed by atoms with van der Waals surface area (Å²) in [5.74, 6) is -2.69. The average molecular weight is 368 g/mol. The van der Waals surface area contributed by atoms with Crippen molar-refractivity contribution in [2.24, 2.45) is 22.7 Å². The molecule has 0 aliphatic carbocycles. The quantitative estimate of drug-likeness (QED) is 0.610. The molecule has 0 heterocycles. The summed E-state index contributed by atoms with van der Waals surface area (Å²) in [7, 11) is 0. The Bertz CT molecular complexity index is 560. The van der Waals surface area contributed by atoms with Crippen LogP contribution in [0, 0.1) is 22.7 Å². The molecule has 6 nitrogen and oxygen atoms in total. The average Bonchev–Trinajstić information content (AvgIpc) is 2.51. The van der Waals surface area contributed by atoms with E-state index in [1.807, 2.05) is 0 Å². The normalized spacial score (nSPS) is 13.6. The van der Waals surface area contributed by atoms with Gasteiger partial charge in [0, 0.05) is 0 Å². The van der Waals surface area contributed by atoms with Crippen molar-refractivity contribution in [3.8, 4) is 0 Å². The summed E-state index contributed by atoms with van der Waals surface area (Å²) >= 11 is 0. The highest BCUT2D eigenvalue weighted by Crippen LogP contribution is 2.30. The standard InChI is InChI=1S/C11H18O3.C9H14O3/c1-7(12)10(3,4)9(14)11(5,6)8(2)13;1-5(7(3)10)9(12)6(2)8(4)11/h1-6H3;5-6H,1-4H3. The first-order chi connectivity index (χ1) is 11.4. The minimum Gasteiger partial charge on any atom is -0.299 e. The molecule has 0 radical (unpaired) electrons. The molecule has 0 aliphatic rings. The fourth-order valence-electron chi connectivity index (χ4n) is 1.88. The lowest BCUT2D eigenvalue weighted by molar-refractivity contribution is -0.147. The maximum Gasteiger partial charge on any atom is 0.158 e. The van der Waals surface area contributed by atoms with Crippen LogP contribution in [0.1, 0.15) is 69.2 Å². The number of rotatable bonds is 8. The van der Waals surface area contributed by atoms with Gasteiger partial charge in [-0.1, -0.05) is 0 Å². The van der Waals surface area contributed by atoms with Crippen molar-refractivity contribution in [3.05, 3.63) is 0 Å². The van der Waals surface area contributed by atoms with E-state index in [1.165, 1.54) is 41.5 Å². The Morgan fingerprint density at radius 1 is 0.577 bits per heavy atom. The summed E-state index contributed by atoms with van der Waals surface area (Å²) in [5.41, 5.74) is -2.15. The third-order valence-electron chi connectivity index (χ3n) is 4.97. The van der Waals surface area contributed by atoms with Gasteiger partial charge in [-0.3, -0.25) is 28.8 Å². The van der Waals surface area contributed by atoms with Gasteiger partial charge in [0.15, 0.2) is 11.6 Å². The minimum absolute atomic E-state index is 0.187. The van der Waals surface area contributed by atoms with Gasteiger partial charge in [0.05, 0.1) is 22.7 Å². The van der Waals surface area contributed by atoms with E-state index in [9.17, 15) is 28.8 Å². The topological polar surface area (TPSA) is 102 Å². The molecule has 0 aromatic heterocycles. The van der Waals surface area contributed by atoms with E-state index in [1.54, 1.807) is 27.7 Å². The monoisotopic (exact) mass is 368 g/mol. The maximum absolute atomic E-state index is 11.9. The molecule has 26 heavy (non-hydrogen) atoms. The lowest BCUT2D eigenvalue weighted by Crippen LogP contribution is -2.44. The Balaban J connectivity index is 0. The van der Waals surface area contributed by atoms with Crippen LogP contribution in [-0.2, 0) is 28.8 Å². The van der Waals surface area contributed by atoms with Crippen LogP contribution >= 0.6 is 0 Å². The SMILES string of the molecule is CC(=O)C(C)(C)C(=O)C(C)(C)C(C)=O.CC(=O)C(C)C(=O)C(C)C(C)=O. The Labute approximate surface area is 156 Å². The van der Waals surface area contributed by atoms with Crippen molar-refractivity contribution in [1.29, 1.82) is 0 Å². The zero-order chi connectivity index (χ0) is 21.6. The van der Waals surface area contributed by atoms with Crippen molar-refractivity contribution in [1.82, 2.24) is 0 Å². The first-order valence-corrected chi connectivity index (χ1v) is 8.53.